The summed E-state index contributed by atoms with van der Waals surface area (Å²) < 4.78 is 0. The zero-order chi connectivity index (χ0) is 18.7. The fraction of sp³-hybridized carbons (Fsp3) is 0.600. The van der Waals surface area contributed by atoms with Crippen molar-refractivity contribution < 1.29 is 9.59 Å². The lowest BCUT2D eigenvalue weighted by Gasteiger charge is -2.49. The molecular weight excluding hydrogens is 328 g/mol. The van der Waals surface area contributed by atoms with E-state index >= 15 is 0 Å². The van der Waals surface area contributed by atoms with Crippen molar-refractivity contribution in [3.8, 4) is 0 Å². The van der Waals surface area contributed by atoms with Crippen molar-refractivity contribution in [2.24, 2.45) is 0 Å². The Bertz CT molecular complexity index is 650. The summed E-state index contributed by atoms with van der Waals surface area (Å²) in [5, 5.41) is 0. The van der Waals surface area contributed by atoms with Crippen molar-refractivity contribution in [1.82, 2.24) is 14.7 Å². The number of amides is 3. The van der Waals surface area contributed by atoms with E-state index in [1.54, 1.807) is 4.90 Å². The van der Waals surface area contributed by atoms with Gasteiger partial charge in [-0.1, -0.05) is 18.2 Å². The number of likely N-dealkylation sites (tertiary alicyclic amines) is 1. The van der Waals surface area contributed by atoms with Crippen LogP contribution in [-0.4, -0.2) is 79.0 Å². The maximum atomic E-state index is 13.1. The number of hydrogen-bond acceptors (Lipinski definition) is 3. The molecule has 6 heteroatoms. The van der Waals surface area contributed by atoms with Gasteiger partial charge in [0, 0.05) is 57.4 Å². The molecule has 2 aliphatic heterocycles. The normalized spacial score (nSPS) is 24.7. The largest absolute Gasteiger partial charge is 0.343 e. The van der Waals surface area contributed by atoms with E-state index in [1.165, 1.54) is 0 Å². The Kier molecular flexibility index (Phi) is 5.51. The number of anilines is 1. The second kappa shape index (κ2) is 7.66. The lowest BCUT2D eigenvalue weighted by Crippen LogP contribution is -2.63. The molecule has 142 valence electrons. The molecule has 3 amide bonds. The highest BCUT2D eigenvalue weighted by molar-refractivity contribution is 5.91. The van der Waals surface area contributed by atoms with Gasteiger partial charge in [-0.05, 0) is 38.9 Å². The molecule has 0 bridgehead atoms. The van der Waals surface area contributed by atoms with Crippen LogP contribution in [0.3, 0.4) is 0 Å². The van der Waals surface area contributed by atoms with Crippen LogP contribution in [0.25, 0.3) is 0 Å². The van der Waals surface area contributed by atoms with Crippen LogP contribution < -0.4 is 4.90 Å². The van der Waals surface area contributed by atoms with Gasteiger partial charge in [0.05, 0.1) is 0 Å². The molecule has 1 aromatic carbocycles. The van der Waals surface area contributed by atoms with E-state index in [4.69, 9.17) is 0 Å². The summed E-state index contributed by atoms with van der Waals surface area (Å²) in [6, 6.07) is 9.78. The van der Waals surface area contributed by atoms with E-state index in [0.29, 0.717) is 13.0 Å². The van der Waals surface area contributed by atoms with Crippen LogP contribution in [0.15, 0.2) is 30.3 Å². The highest BCUT2D eigenvalue weighted by atomic mass is 16.2. The fourth-order valence-corrected chi connectivity index (χ4v) is 4.17. The number of nitrogens with zero attached hydrogens (tertiary/aromatic N) is 4. The number of benzene rings is 1. The molecule has 1 aromatic rings. The van der Waals surface area contributed by atoms with Gasteiger partial charge in [0.2, 0.25) is 5.91 Å². The molecule has 1 spiro atoms. The monoisotopic (exact) mass is 358 g/mol. The standard InChI is InChI=1S/C20H30N4O2/c1-4-23-13-12-20(11-10-18(23)25)16-24(15-14-21(20)2)19(26)22(3)17-8-6-5-7-9-17/h5-9H,4,10-16H2,1-3H3/t20-/m0/s1. The van der Waals surface area contributed by atoms with E-state index in [2.05, 4.69) is 11.9 Å². The van der Waals surface area contributed by atoms with Crippen molar-refractivity contribution in [1.29, 1.82) is 0 Å². The van der Waals surface area contributed by atoms with Crippen molar-refractivity contribution >= 4 is 17.6 Å². The quantitative estimate of drug-likeness (QED) is 0.815. The van der Waals surface area contributed by atoms with Gasteiger partial charge in [-0.3, -0.25) is 14.6 Å². The smallest absolute Gasteiger partial charge is 0.324 e. The molecule has 1 atom stereocenters. The summed E-state index contributed by atoms with van der Waals surface area (Å²) >= 11 is 0. The number of carbonyl (C=O) groups is 2. The third-order valence-corrected chi connectivity index (χ3v) is 6.09. The van der Waals surface area contributed by atoms with E-state index in [0.717, 1.165) is 44.7 Å². The van der Waals surface area contributed by atoms with Crippen molar-refractivity contribution in [2.75, 3.05) is 51.7 Å². The summed E-state index contributed by atoms with van der Waals surface area (Å²) in [6.07, 6.45) is 2.30. The predicted molar refractivity (Wildman–Crippen MR) is 103 cm³/mol. The van der Waals surface area contributed by atoms with Gasteiger partial charge < -0.3 is 9.80 Å². The van der Waals surface area contributed by atoms with Crippen molar-refractivity contribution in [2.45, 2.75) is 31.7 Å². The Labute approximate surface area is 156 Å². The molecule has 2 heterocycles. The summed E-state index contributed by atoms with van der Waals surface area (Å²) in [6.45, 7) is 5.82. The number of rotatable bonds is 2. The third-order valence-electron chi connectivity index (χ3n) is 6.09. The number of para-hydroxylation sites is 1. The molecule has 0 unspecified atom stereocenters. The molecule has 3 rings (SSSR count). The minimum atomic E-state index is -0.106. The maximum absolute atomic E-state index is 13.1. The van der Waals surface area contributed by atoms with Gasteiger partial charge in [0.25, 0.3) is 0 Å². The van der Waals surface area contributed by atoms with Crippen LogP contribution in [0.2, 0.25) is 0 Å². The molecule has 6 nitrogen and oxygen atoms in total. The van der Waals surface area contributed by atoms with E-state index in [-0.39, 0.29) is 17.5 Å². The lowest BCUT2D eigenvalue weighted by molar-refractivity contribution is -0.130. The average molecular weight is 358 g/mol. The third kappa shape index (κ3) is 3.56. The van der Waals surface area contributed by atoms with Crippen LogP contribution in [0, 0.1) is 0 Å². The Morgan fingerprint density at radius 3 is 2.58 bits per heavy atom. The number of likely N-dealkylation sites (N-methyl/N-ethyl adjacent to an activating group) is 1. The SMILES string of the molecule is CCN1CC[C@@]2(CCC1=O)CN(C(=O)N(C)c1ccccc1)CCN2C. The van der Waals surface area contributed by atoms with E-state index in [1.807, 2.05) is 54.1 Å². The zero-order valence-corrected chi connectivity index (χ0v) is 16.1. The second-order valence-corrected chi connectivity index (χ2v) is 7.47. The van der Waals surface area contributed by atoms with Gasteiger partial charge >= 0.3 is 6.03 Å². The Morgan fingerprint density at radius 2 is 1.88 bits per heavy atom. The first kappa shape index (κ1) is 18.7. The highest BCUT2D eigenvalue weighted by Gasteiger charge is 2.43. The lowest BCUT2D eigenvalue weighted by atomic mass is 9.86. The number of hydrogen-bond donors (Lipinski definition) is 0. The van der Waals surface area contributed by atoms with Gasteiger partial charge in [-0.2, -0.15) is 0 Å². The minimum absolute atomic E-state index is 0.0339. The molecule has 0 aliphatic carbocycles. The predicted octanol–water partition coefficient (Wildman–Crippen LogP) is 2.26. The van der Waals surface area contributed by atoms with Crippen LogP contribution in [-0.2, 0) is 4.79 Å². The maximum Gasteiger partial charge on any atom is 0.324 e. The molecule has 0 N–H and O–H groups in total. The Balaban J connectivity index is 1.75. The average Bonchev–Trinajstić information content (AvgIpc) is 2.83. The van der Waals surface area contributed by atoms with Crippen LogP contribution in [0.5, 0.6) is 0 Å². The molecule has 0 aromatic heterocycles. The first-order valence-electron chi connectivity index (χ1n) is 9.53. The second-order valence-electron chi connectivity index (χ2n) is 7.47. The first-order chi connectivity index (χ1) is 12.5. The van der Waals surface area contributed by atoms with Gasteiger partial charge in [0.1, 0.15) is 0 Å². The van der Waals surface area contributed by atoms with E-state index < -0.39 is 0 Å². The van der Waals surface area contributed by atoms with Crippen LogP contribution in [0.4, 0.5) is 10.5 Å². The summed E-state index contributed by atoms with van der Waals surface area (Å²) in [5.41, 5.74) is 0.795. The summed E-state index contributed by atoms with van der Waals surface area (Å²) in [4.78, 5) is 33.4. The van der Waals surface area contributed by atoms with Gasteiger partial charge in [-0.25, -0.2) is 4.79 Å². The summed E-state index contributed by atoms with van der Waals surface area (Å²) in [7, 11) is 3.97. The van der Waals surface area contributed by atoms with E-state index in [9.17, 15) is 9.59 Å². The van der Waals surface area contributed by atoms with Gasteiger partial charge in [-0.15, -0.1) is 0 Å². The number of carbonyl (C=O) groups excluding carboxylic acids is 2. The topological polar surface area (TPSA) is 47.1 Å². The zero-order valence-electron chi connectivity index (χ0n) is 16.1. The number of piperazine rings is 1. The van der Waals surface area contributed by atoms with Crippen molar-refractivity contribution in [3.05, 3.63) is 30.3 Å². The van der Waals surface area contributed by atoms with Gasteiger partial charge in [0.15, 0.2) is 0 Å². The Morgan fingerprint density at radius 1 is 1.15 bits per heavy atom. The number of urea groups is 1. The summed E-state index contributed by atoms with van der Waals surface area (Å²) in [5.74, 6) is 0.239. The molecule has 2 aliphatic rings. The molecule has 2 fully saturated rings. The van der Waals surface area contributed by atoms with Crippen LogP contribution in [0.1, 0.15) is 26.2 Å². The highest BCUT2D eigenvalue weighted by Crippen LogP contribution is 2.32. The molecule has 26 heavy (non-hydrogen) atoms. The van der Waals surface area contributed by atoms with Crippen LogP contribution >= 0.6 is 0 Å². The fourth-order valence-electron chi connectivity index (χ4n) is 4.17. The molecule has 2 saturated heterocycles. The van der Waals surface area contributed by atoms with Crippen molar-refractivity contribution in [3.63, 3.8) is 0 Å². The molecule has 0 saturated carbocycles. The molecule has 0 radical (unpaired) electrons. The minimum Gasteiger partial charge on any atom is -0.343 e. The first-order valence-corrected chi connectivity index (χ1v) is 9.53. The Hall–Kier alpha value is -2.08. The molecular formula is C20H30N4O2.